The summed E-state index contributed by atoms with van der Waals surface area (Å²) in [6.45, 7) is 6.74. The van der Waals surface area contributed by atoms with Gasteiger partial charge in [0.15, 0.2) is 10.3 Å². The molecule has 28 heavy (non-hydrogen) atoms. The minimum atomic E-state index is -0.360. The molecule has 2 amide bonds. The van der Waals surface area contributed by atoms with E-state index in [0.29, 0.717) is 29.1 Å². The lowest BCUT2D eigenvalue weighted by Gasteiger charge is -2.14. The number of nitrogens with one attached hydrogen (secondary N) is 2. The minimum Gasteiger partial charge on any atom is -0.491 e. The van der Waals surface area contributed by atoms with Crippen molar-refractivity contribution in [2.24, 2.45) is 13.0 Å². The fourth-order valence-electron chi connectivity index (χ4n) is 2.26. The monoisotopic (exact) mass is 417 g/mol. The van der Waals surface area contributed by atoms with Crippen LogP contribution in [0.15, 0.2) is 46.2 Å². The number of aromatic nitrogens is 3. The van der Waals surface area contributed by atoms with Crippen LogP contribution >= 0.6 is 23.1 Å². The number of thiazole rings is 1. The Labute approximate surface area is 172 Å². The minimum absolute atomic E-state index is 0.360. The number of carbonyl (C=O) groups excluding carboxylic acids is 1. The number of imidazole rings is 1. The number of nitrogens with zero attached hydrogens (tertiary/aromatic N) is 3. The van der Waals surface area contributed by atoms with Crippen molar-refractivity contribution in [1.29, 1.82) is 0 Å². The smallest absolute Gasteiger partial charge is 0.325 e. The van der Waals surface area contributed by atoms with Crippen molar-refractivity contribution in [2.45, 2.75) is 30.1 Å². The quantitative estimate of drug-likeness (QED) is 0.564. The summed E-state index contributed by atoms with van der Waals surface area (Å²) in [7, 11) is 1.93. The lowest BCUT2D eigenvalue weighted by atomic mass is 10.2. The maximum Gasteiger partial charge on any atom is 0.325 e. The number of benzene rings is 1. The van der Waals surface area contributed by atoms with Crippen molar-refractivity contribution in [3.8, 4) is 5.75 Å². The number of anilines is 2. The molecule has 0 aliphatic heterocycles. The van der Waals surface area contributed by atoms with E-state index in [9.17, 15) is 4.79 Å². The van der Waals surface area contributed by atoms with Gasteiger partial charge in [-0.05, 0) is 42.3 Å². The van der Waals surface area contributed by atoms with E-state index in [1.807, 2.05) is 42.9 Å². The van der Waals surface area contributed by atoms with Gasteiger partial charge < -0.3 is 14.6 Å². The van der Waals surface area contributed by atoms with Crippen LogP contribution in [0.1, 0.15) is 19.4 Å². The highest BCUT2D eigenvalue weighted by atomic mass is 32.2. The normalized spacial score (nSPS) is 10.9. The molecule has 1 aromatic carbocycles. The van der Waals surface area contributed by atoms with Gasteiger partial charge in [-0.3, -0.25) is 5.32 Å². The molecule has 7 nitrogen and oxygen atoms in total. The SMILES string of the molecule is Cc1ccc(NC(=O)Nc2ncc(Sc3nccn3C)s2)c(OCC(C)C)c1. The molecule has 0 radical (unpaired) electrons. The number of rotatable bonds is 7. The van der Waals surface area contributed by atoms with Crippen LogP contribution in [0.25, 0.3) is 0 Å². The fourth-order valence-corrected chi connectivity index (χ4v) is 4.04. The largest absolute Gasteiger partial charge is 0.491 e. The Kier molecular flexibility index (Phi) is 6.58. The molecule has 0 unspecified atom stereocenters. The lowest BCUT2D eigenvalue weighted by molar-refractivity contribution is 0.260. The number of carbonyl (C=O) groups is 1. The maximum atomic E-state index is 12.4. The third-order valence-corrected chi connectivity index (χ3v) is 5.72. The highest BCUT2D eigenvalue weighted by Gasteiger charge is 2.12. The molecule has 0 aliphatic rings. The molecule has 148 valence electrons. The van der Waals surface area contributed by atoms with Crippen LogP contribution in [-0.4, -0.2) is 27.2 Å². The summed E-state index contributed by atoms with van der Waals surface area (Å²) in [5.74, 6) is 1.06. The van der Waals surface area contributed by atoms with E-state index < -0.39 is 0 Å². The van der Waals surface area contributed by atoms with Crippen LogP contribution in [0.2, 0.25) is 0 Å². The highest BCUT2D eigenvalue weighted by Crippen LogP contribution is 2.33. The van der Waals surface area contributed by atoms with Crippen LogP contribution in [0.4, 0.5) is 15.6 Å². The van der Waals surface area contributed by atoms with Crippen molar-refractivity contribution in [3.05, 3.63) is 42.4 Å². The summed E-state index contributed by atoms with van der Waals surface area (Å²) in [5, 5.41) is 7.00. The third-order valence-electron chi connectivity index (χ3n) is 3.63. The second kappa shape index (κ2) is 9.11. The summed E-state index contributed by atoms with van der Waals surface area (Å²) in [4.78, 5) is 20.9. The molecule has 0 saturated heterocycles. The lowest BCUT2D eigenvalue weighted by Crippen LogP contribution is -2.20. The fraction of sp³-hybridized carbons (Fsp3) is 0.316. The molecule has 0 atom stereocenters. The van der Waals surface area contributed by atoms with E-state index in [1.165, 1.54) is 23.1 Å². The zero-order valence-electron chi connectivity index (χ0n) is 16.2. The summed E-state index contributed by atoms with van der Waals surface area (Å²) in [6, 6.07) is 5.33. The highest BCUT2D eigenvalue weighted by molar-refractivity contribution is 8.01. The van der Waals surface area contributed by atoms with Crippen LogP contribution in [0.3, 0.4) is 0 Å². The summed E-state index contributed by atoms with van der Waals surface area (Å²) >= 11 is 2.90. The molecule has 0 aliphatic carbocycles. The number of amides is 2. The first-order valence-corrected chi connectivity index (χ1v) is 10.5. The first-order chi connectivity index (χ1) is 13.4. The van der Waals surface area contributed by atoms with Crippen molar-refractivity contribution >= 4 is 39.9 Å². The second-order valence-electron chi connectivity index (χ2n) is 6.69. The van der Waals surface area contributed by atoms with Gasteiger partial charge in [0.2, 0.25) is 0 Å². The van der Waals surface area contributed by atoms with E-state index in [4.69, 9.17) is 4.74 Å². The van der Waals surface area contributed by atoms with Crippen molar-refractivity contribution < 1.29 is 9.53 Å². The van der Waals surface area contributed by atoms with Gasteiger partial charge in [-0.25, -0.2) is 14.8 Å². The standard InChI is InChI=1S/C19H23N5O2S2/c1-12(2)11-26-15-9-13(3)5-6-14(15)22-17(25)23-18-21-10-16(27-18)28-19-20-7-8-24(19)4/h5-10,12H,11H2,1-4H3,(H2,21,22,23,25). The van der Waals surface area contributed by atoms with E-state index in [1.54, 1.807) is 12.4 Å². The van der Waals surface area contributed by atoms with Gasteiger partial charge >= 0.3 is 6.03 Å². The van der Waals surface area contributed by atoms with Gasteiger partial charge in [0.1, 0.15) is 5.75 Å². The van der Waals surface area contributed by atoms with Crippen LogP contribution in [-0.2, 0) is 7.05 Å². The Morgan fingerprint density at radius 1 is 1.32 bits per heavy atom. The predicted octanol–water partition coefficient (Wildman–Crippen LogP) is 5.02. The topological polar surface area (TPSA) is 81.1 Å². The molecule has 2 heterocycles. The molecule has 3 rings (SSSR count). The van der Waals surface area contributed by atoms with Gasteiger partial charge in [-0.1, -0.05) is 31.3 Å². The number of hydrogen-bond donors (Lipinski definition) is 2. The third kappa shape index (κ3) is 5.49. The Morgan fingerprint density at radius 3 is 2.86 bits per heavy atom. The Hall–Kier alpha value is -2.52. The molecule has 0 saturated carbocycles. The Morgan fingerprint density at radius 2 is 2.14 bits per heavy atom. The average molecular weight is 418 g/mol. The molecular formula is C19H23N5O2S2. The Bertz CT molecular complexity index is 951. The number of aryl methyl sites for hydroxylation is 2. The van der Waals surface area contributed by atoms with Crippen LogP contribution < -0.4 is 15.4 Å². The molecule has 3 aromatic rings. The van der Waals surface area contributed by atoms with Crippen molar-refractivity contribution in [1.82, 2.24) is 14.5 Å². The summed E-state index contributed by atoms with van der Waals surface area (Å²) in [5.41, 5.74) is 1.70. The molecule has 2 N–H and O–H groups in total. The van der Waals surface area contributed by atoms with Gasteiger partial charge in [0.05, 0.1) is 22.7 Å². The molecule has 9 heteroatoms. The van der Waals surface area contributed by atoms with Gasteiger partial charge in [0, 0.05) is 19.4 Å². The van der Waals surface area contributed by atoms with E-state index in [0.717, 1.165) is 14.9 Å². The van der Waals surface area contributed by atoms with Gasteiger partial charge in [-0.15, -0.1) is 0 Å². The van der Waals surface area contributed by atoms with E-state index >= 15 is 0 Å². The zero-order chi connectivity index (χ0) is 20.1. The number of hydrogen-bond acceptors (Lipinski definition) is 6. The number of urea groups is 1. The second-order valence-corrected chi connectivity index (χ2v) is 8.99. The van der Waals surface area contributed by atoms with Crippen molar-refractivity contribution in [3.63, 3.8) is 0 Å². The number of ether oxygens (including phenoxy) is 1. The molecule has 0 fully saturated rings. The molecule has 0 bridgehead atoms. The van der Waals surface area contributed by atoms with E-state index in [2.05, 4.69) is 34.4 Å². The molecule has 2 aromatic heterocycles. The maximum absolute atomic E-state index is 12.4. The first-order valence-electron chi connectivity index (χ1n) is 8.83. The van der Waals surface area contributed by atoms with Crippen LogP contribution in [0, 0.1) is 12.8 Å². The molecular weight excluding hydrogens is 394 g/mol. The Balaban J connectivity index is 1.62. The van der Waals surface area contributed by atoms with Gasteiger partial charge in [-0.2, -0.15) is 0 Å². The molecule has 0 spiro atoms. The predicted molar refractivity (Wildman–Crippen MR) is 114 cm³/mol. The van der Waals surface area contributed by atoms with E-state index in [-0.39, 0.29) is 6.03 Å². The van der Waals surface area contributed by atoms with Crippen molar-refractivity contribution in [2.75, 3.05) is 17.2 Å². The zero-order valence-corrected chi connectivity index (χ0v) is 17.9. The van der Waals surface area contributed by atoms with Crippen LogP contribution in [0.5, 0.6) is 5.75 Å². The first kappa shape index (κ1) is 20.2. The average Bonchev–Trinajstić information content (AvgIpc) is 3.24. The summed E-state index contributed by atoms with van der Waals surface area (Å²) < 4.78 is 8.71. The summed E-state index contributed by atoms with van der Waals surface area (Å²) in [6.07, 6.45) is 5.36. The van der Waals surface area contributed by atoms with Gasteiger partial charge in [0.25, 0.3) is 0 Å².